The minimum atomic E-state index is -0.909. The molecule has 8 heteroatoms. The van der Waals surface area contributed by atoms with E-state index in [4.69, 9.17) is 26.8 Å². The summed E-state index contributed by atoms with van der Waals surface area (Å²) in [6.45, 7) is 0. The molecular formula is C20H17NO5S2. The molecule has 1 heterocycles. The maximum atomic E-state index is 12.9. The maximum Gasteiger partial charge on any atom is 0.307 e. The van der Waals surface area contributed by atoms with E-state index in [-0.39, 0.29) is 12.3 Å². The van der Waals surface area contributed by atoms with Gasteiger partial charge in [0.1, 0.15) is 0 Å². The number of ether oxygens (including phenoxy) is 2. The van der Waals surface area contributed by atoms with E-state index in [0.717, 1.165) is 0 Å². The van der Waals surface area contributed by atoms with Crippen molar-refractivity contribution >= 4 is 51.9 Å². The fourth-order valence-corrected chi connectivity index (χ4v) is 4.08. The molecule has 1 fully saturated rings. The Hall–Kier alpha value is -2.84. The number of carbonyl (C=O) groups excluding carboxylic acids is 1. The monoisotopic (exact) mass is 415 g/mol. The average Bonchev–Trinajstić information content (AvgIpc) is 2.95. The third-order valence-corrected chi connectivity index (χ3v) is 5.37. The molecule has 1 aliphatic rings. The lowest BCUT2D eigenvalue weighted by Crippen LogP contribution is -2.27. The van der Waals surface area contributed by atoms with E-state index in [1.54, 1.807) is 50.6 Å². The predicted octanol–water partition coefficient (Wildman–Crippen LogP) is 3.74. The van der Waals surface area contributed by atoms with Crippen LogP contribution in [0.15, 0.2) is 47.4 Å². The van der Waals surface area contributed by atoms with Gasteiger partial charge in [0.2, 0.25) is 0 Å². The number of carboxylic acids is 1. The zero-order chi connectivity index (χ0) is 20.3. The van der Waals surface area contributed by atoms with Crippen LogP contribution in [-0.4, -0.2) is 35.5 Å². The fourth-order valence-electron chi connectivity index (χ4n) is 2.79. The van der Waals surface area contributed by atoms with Crippen LogP contribution in [0.2, 0.25) is 0 Å². The van der Waals surface area contributed by atoms with Crippen LogP contribution in [-0.2, 0) is 16.0 Å². The standard InChI is InChI=1S/C20H17NO5S2/c1-25-15-5-3-4-13(18(15)26-2)11-16-19(24)21(20(27)28-16)14-8-6-12(7-9-14)10-17(22)23/h3-9,11H,10H2,1-2H3,(H,22,23)/b16-11-. The van der Waals surface area contributed by atoms with E-state index in [0.29, 0.717) is 37.5 Å². The lowest BCUT2D eigenvalue weighted by atomic mass is 10.1. The summed E-state index contributed by atoms with van der Waals surface area (Å²) in [6, 6.07) is 12.2. The first-order chi connectivity index (χ1) is 13.4. The lowest BCUT2D eigenvalue weighted by Gasteiger charge is -2.15. The Morgan fingerprint density at radius 2 is 1.89 bits per heavy atom. The van der Waals surface area contributed by atoms with Crippen molar-refractivity contribution in [1.29, 1.82) is 0 Å². The van der Waals surface area contributed by atoms with Gasteiger partial charge in [0.25, 0.3) is 5.91 Å². The van der Waals surface area contributed by atoms with Crippen LogP contribution in [0.4, 0.5) is 5.69 Å². The molecule has 0 aliphatic carbocycles. The molecule has 0 saturated carbocycles. The zero-order valence-electron chi connectivity index (χ0n) is 15.2. The maximum absolute atomic E-state index is 12.9. The Labute approximate surface area is 171 Å². The molecule has 0 bridgehead atoms. The highest BCUT2D eigenvalue weighted by Gasteiger charge is 2.33. The van der Waals surface area contributed by atoms with Gasteiger partial charge >= 0.3 is 5.97 Å². The SMILES string of the molecule is COc1cccc(/C=C2\SC(=S)N(c3ccc(CC(=O)O)cc3)C2=O)c1OC. The van der Waals surface area contributed by atoms with Gasteiger partial charge in [0.15, 0.2) is 15.8 Å². The Kier molecular flexibility index (Phi) is 6.01. The van der Waals surface area contributed by atoms with Crippen molar-refractivity contribution in [1.82, 2.24) is 0 Å². The number of rotatable bonds is 6. The molecule has 0 spiro atoms. The third-order valence-electron chi connectivity index (χ3n) is 4.06. The van der Waals surface area contributed by atoms with Gasteiger partial charge < -0.3 is 14.6 Å². The van der Waals surface area contributed by atoms with Crippen molar-refractivity contribution in [2.75, 3.05) is 19.1 Å². The smallest absolute Gasteiger partial charge is 0.307 e. The number of thioether (sulfide) groups is 1. The number of carboxylic acid groups (broad SMARTS) is 1. The summed E-state index contributed by atoms with van der Waals surface area (Å²) in [5.41, 5.74) is 1.95. The van der Waals surface area contributed by atoms with E-state index in [2.05, 4.69) is 0 Å². The van der Waals surface area contributed by atoms with Crippen LogP contribution >= 0.6 is 24.0 Å². The van der Waals surface area contributed by atoms with Gasteiger partial charge in [-0.3, -0.25) is 14.5 Å². The van der Waals surface area contributed by atoms with Crippen LogP contribution < -0.4 is 14.4 Å². The number of para-hydroxylation sites is 1. The average molecular weight is 415 g/mol. The summed E-state index contributed by atoms with van der Waals surface area (Å²) in [6.07, 6.45) is 1.65. The lowest BCUT2D eigenvalue weighted by molar-refractivity contribution is -0.136. The summed E-state index contributed by atoms with van der Waals surface area (Å²) in [5, 5.41) is 8.87. The molecular weight excluding hydrogens is 398 g/mol. The van der Waals surface area contributed by atoms with Crippen molar-refractivity contribution in [2.45, 2.75) is 6.42 Å². The first-order valence-corrected chi connectivity index (χ1v) is 9.46. The highest BCUT2D eigenvalue weighted by molar-refractivity contribution is 8.27. The van der Waals surface area contributed by atoms with Crippen LogP contribution in [0, 0.1) is 0 Å². The zero-order valence-corrected chi connectivity index (χ0v) is 16.8. The Bertz CT molecular complexity index is 969. The topological polar surface area (TPSA) is 76.1 Å². The Morgan fingerprint density at radius 1 is 1.18 bits per heavy atom. The molecule has 0 atom stereocenters. The van der Waals surface area contributed by atoms with Gasteiger partial charge in [0, 0.05) is 5.56 Å². The minimum absolute atomic E-state index is 0.0752. The minimum Gasteiger partial charge on any atom is -0.493 e. The highest BCUT2D eigenvalue weighted by Crippen LogP contribution is 2.39. The number of thiocarbonyl (C=S) groups is 1. The molecule has 2 aromatic carbocycles. The van der Waals surface area contributed by atoms with Crippen LogP contribution in [0.3, 0.4) is 0 Å². The molecule has 144 valence electrons. The molecule has 2 aromatic rings. The molecule has 1 aliphatic heterocycles. The Morgan fingerprint density at radius 3 is 2.50 bits per heavy atom. The molecule has 6 nitrogen and oxygen atoms in total. The van der Waals surface area contributed by atoms with E-state index in [1.165, 1.54) is 16.7 Å². The van der Waals surface area contributed by atoms with E-state index < -0.39 is 5.97 Å². The molecule has 1 saturated heterocycles. The quantitative estimate of drug-likeness (QED) is 0.569. The van der Waals surface area contributed by atoms with Crippen molar-refractivity contribution in [3.8, 4) is 11.5 Å². The summed E-state index contributed by atoms with van der Waals surface area (Å²) < 4.78 is 11.1. The van der Waals surface area contributed by atoms with Crippen molar-refractivity contribution in [3.63, 3.8) is 0 Å². The molecule has 0 radical (unpaired) electrons. The number of aliphatic carboxylic acids is 1. The number of hydrogen-bond acceptors (Lipinski definition) is 6. The van der Waals surface area contributed by atoms with Crippen molar-refractivity contribution in [3.05, 3.63) is 58.5 Å². The second-order valence-electron chi connectivity index (χ2n) is 5.84. The van der Waals surface area contributed by atoms with E-state index in [9.17, 15) is 9.59 Å². The first-order valence-electron chi connectivity index (χ1n) is 8.24. The van der Waals surface area contributed by atoms with Gasteiger partial charge in [0.05, 0.1) is 31.2 Å². The second kappa shape index (κ2) is 8.45. The van der Waals surface area contributed by atoms with Crippen molar-refractivity contribution in [2.24, 2.45) is 0 Å². The highest BCUT2D eigenvalue weighted by atomic mass is 32.2. The Balaban J connectivity index is 1.90. The molecule has 0 aromatic heterocycles. The van der Waals surface area contributed by atoms with Crippen LogP contribution in [0.1, 0.15) is 11.1 Å². The largest absolute Gasteiger partial charge is 0.493 e. The molecule has 1 amide bonds. The number of hydrogen-bond donors (Lipinski definition) is 1. The summed E-state index contributed by atoms with van der Waals surface area (Å²) in [4.78, 5) is 25.6. The van der Waals surface area contributed by atoms with Gasteiger partial charge in [-0.25, -0.2) is 0 Å². The summed E-state index contributed by atoms with van der Waals surface area (Å²) in [5.74, 6) is -0.0478. The molecule has 3 rings (SSSR count). The summed E-state index contributed by atoms with van der Waals surface area (Å²) >= 11 is 6.58. The number of carbonyl (C=O) groups is 2. The summed E-state index contributed by atoms with van der Waals surface area (Å²) in [7, 11) is 3.09. The normalized spacial score (nSPS) is 15.2. The number of methoxy groups -OCH3 is 2. The molecule has 0 unspecified atom stereocenters. The number of anilines is 1. The third kappa shape index (κ3) is 4.02. The van der Waals surface area contributed by atoms with Gasteiger partial charge in [-0.1, -0.05) is 48.2 Å². The van der Waals surface area contributed by atoms with Crippen LogP contribution in [0.5, 0.6) is 11.5 Å². The first kappa shape index (κ1) is 19.9. The molecule has 28 heavy (non-hydrogen) atoms. The van der Waals surface area contributed by atoms with Crippen molar-refractivity contribution < 1.29 is 24.2 Å². The number of amides is 1. The van der Waals surface area contributed by atoms with Gasteiger partial charge in [-0.05, 0) is 29.8 Å². The predicted molar refractivity (Wildman–Crippen MR) is 113 cm³/mol. The number of nitrogens with zero attached hydrogens (tertiary/aromatic N) is 1. The van der Waals surface area contributed by atoms with Crippen LogP contribution in [0.25, 0.3) is 6.08 Å². The molecule has 1 N–H and O–H groups in total. The van der Waals surface area contributed by atoms with E-state index >= 15 is 0 Å². The van der Waals surface area contributed by atoms with Gasteiger partial charge in [-0.2, -0.15) is 0 Å². The number of benzene rings is 2. The fraction of sp³-hybridized carbons (Fsp3) is 0.150. The van der Waals surface area contributed by atoms with Gasteiger partial charge in [-0.15, -0.1) is 0 Å². The van der Waals surface area contributed by atoms with E-state index in [1.807, 2.05) is 12.1 Å². The second-order valence-corrected chi connectivity index (χ2v) is 7.51.